The van der Waals surface area contributed by atoms with Gasteiger partial charge in [0.25, 0.3) is 0 Å². The third-order valence-corrected chi connectivity index (χ3v) is 5.45. The van der Waals surface area contributed by atoms with Crippen molar-refractivity contribution in [2.75, 3.05) is 6.54 Å². The monoisotopic (exact) mass is 509 g/mol. The van der Waals surface area contributed by atoms with E-state index in [0.717, 1.165) is 22.8 Å². The summed E-state index contributed by atoms with van der Waals surface area (Å²) in [5, 5.41) is 12.6. The smallest absolute Gasteiger partial charge is 0.238 e. The standard InChI is InChI=1S/C16H23N5O2S2.HI/c1-4-18-16(20-10-15-21-11(2)12(3)24-15)19-9-13-6-5-7-14(8-13)25(17,22)23;/h5-8H,4,9-10H2,1-3H3,(H2,17,22,23)(H2,18,19,20);1H. The second-order valence-electron chi connectivity index (χ2n) is 5.49. The molecule has 1 heterocycles. The Bertz CT molecular complexity index is 846. The Hall–Kier alpha value is -1.24. The molecule has 1 aromatic heterocycles. The second kappa shape index (κ2) is 10.2. The van der Waals surface area contributed by atoms with Crippen molar-refractivity contribution in [1.29, 1.82) is 0 Å². The molecule has 2 aromatic rings. The number of halogens is 1. The number of hydrogen-bond acceptors (Lipinski definition) is 5. The molecule has 0 saturated heterocycles. The molecule has 0 radical (unpaired) electrons. The van der Waals surface area contributed by atoms with Crippen molar-refractivity contribution in [2.24, 2.45) is 10.1 Å². The molecule has 144 valence electrons. The normalized spacial score (nSPS) is 11.8. The first-order valence-corrected chi connectivity index (χ1v) is 10.2. The Kier molecular flexibility index (Phi) is 8.93. The summed E-state index contributed by atoms with van der Waals surface area (Å²) < 4.78 is 22.9. The van der Waals surface area contributed by atoms with Gasteiger partial charge in [0.1, 0.15) is 5.01 Å². The van der Waals surface area contributed by atoms with Crippen LogP contribution in [0.3, 0.4) is 0 Å². The summed E-state index contributed by atoms with van der Waals surface area (Å²) in [6, 6.07) is 6.48. The van der Waals surface area contributed by atoms with Gasteiger partial charge >= 0.3 is 0 Å². The molecule has 10 heteroatoms. The lowest BCUT2D eigenvalue weighted by Gasteiger charge is -2.10. The molecule has 1 aromatic carbocycles. The number of thiazole rings is 1. The van der Waals surface area contributed by atoms with E-state index < -0.39 is 10.0 Å². The maximum absolute atomic E-state index is 11.4. The van der Waals surface area contributed by atoms with E-state index in [2.05, 4.69) is 20.6 Å². The highest BCUT2D eigenvalue weighted by Gasteiger charge is 2.08. The first kappa shape index (κ1) is 22.8. The predicted molar refractivity (Wildman–Crippen MR) is 116 cm³/mol. The minimum Gasteiger partial charge on any atom is -0.357 e. The fourth-order valence-electron chi connectivity index (χ4n) is 2.11. The fraction of sp³-hybridized carbons (Fsp3) is 0.375. The van der Waals surface area contributed by atoms with E-state index in [9.17, 15) is 8.42 Å². The Morgan fingerprint density at radius 1 is 1.31 bits per heavy atom. The average Bonchev–Trinajstić information content (AvgIpc) is 2.88. The van der Waals surface area contributed by atoms with Crippen LogP contribution in [0.4, 0.5) is 0 Å². The maximum atomic E-state index is 11.4. The Labute approximate surface area is 175 Å². The van der Waals surface area contributed by atoms with Gasteiger partial charge < -0.3 is 10.6 Å². The second-order valence-corrected chi connectivity index (χ2v) is 8.34. The van der Waals surface area contributed by atoms with Gasteiger partial charge in [-0.2, -0.15) is 0 Å². The molecule has 7 nitrogen and oxygen atoms in total. The van der Waals surface area contributed by atoms with Gasteiger partial charge in [-0.05, 0) is 38.5 Å². The summed E-state index contributed by atoms with van der Waals surface area (Å²) >= 11 is 1.66. The van der Waals surface area contributed by atoms with Gasteiger partial charge in [0, 0.05) is 11.4 Å². The van der Waals surface area contributed by atoms with Crippen molar-refractivity contribution in [2.45, 2.75) is 38.8 Å². The molecule has 26 heavy (non-hydrogen) atoms. The van der Waals surface area contributed by atoms with Gasteiger partial charge in [0.05, 0.1) is 23.7 Å². The molecule has 0 unspecified atom stereocenters. The van der Waals surface area contributed by atoms with Crippen LogP contribution in [0.5, 0.6) is 0 Å². The van der Waals surface area contributed by atoms with Crippen LogP contribution < -0.4 is 15.8 Å². The molecular weight excluding hydrogens is 485 g/mol. The molecule has 2 rings (SSSR count). The van der Waals surface area contributed by atoms with Crippen molar-refractivity contribution in [3.63, 3.8) is 0 Å². The van der Waals surface area contributed by atoms with Crippen LogP contribution in [0, 0.1) is 13.8 Å². The van der Waals surface area contributed by atoms with Gasteiger partial charge in [-0.25, -0.2) is 23.5 Å². The number of nitrogens with zero attached hydrogens (tertiary/aromatic N) is 2. The van der Waals surface area contributed by atoms with Gasteiger partial charge in [-0.1, -0.05) is 12.1 Å². The molecule has 4 N–H and O–H groups in total. The number of nitrogens with one attached hydrogen (secondary N) is 2. The van der Waals surface area contributed by atoms with Gasteiger partial charge in [-0.3, -0.25) is 0 Å². The van der Waals surface area contributed by atoms with Gasteiger partial charge in [0.15, 0.2) is 5.96 Å². The van der Waals surface area contributed by atoms with Crippen molar-refractivity contribution in [1.82, 2.24) is 15.6 Å². The molecule has 0 spiro atoms. The van der Waals surface area contributed by atoms with Crippen molar-refractivity contribution < 1.29 is 8.42 Å². The van der Waals surface area contributed by atoms with Crippen LogP contribution in [0.1, 0.15) is 28.1 Å². The summed E-state index contributed by atoms with van der Waals surface area (Å²) in [6.45, 7) is 7.67. The molecule has 0 fully saturated rings. The molecule has 0 aliphatic rings. The van der Waals surface area contributed by atoms with E-state index in [4.69, 9.17) is 5.14 Å². The van der Waals surface area contributed by atoms with Crippen LogP contribution in [-0.4, -0.2) is 25.9 Å². The number of hydrogen-bond donors (Lipinski definition) is 3. The van der Waals surface area contributed by atoms with Gasteiger partial charge in [-0.15, -0.1) is 35.3 Å². The van der Waals surface area contributed by atoms with Crippen LogP contribution in [0.25, 0.3) is 0 Å². The Balaban J connectivity index is 0.00000338. The summed E-state index contributed by atoms with van der Waals surface area (Å²) in [6.07, 6.45) is 0. The van der Waals surface area contributed by atoms with Crippen molar-refractivity contribution in [3.8, 4) is 0 Å². The number of benzene rings is 1. The molecule has 0 aliphatic heterocycles. The number of aliphatic imine (C=N–C) groups is 1. The Morgan fingerprint density at radius 2 is 2.04 bits per heavy atom. The molecular formula is C16H24IN5O2S2. The lowest BCUT2D eigenvalue weighted by molar-refractivity contribution is 0.597. The van der Waals surface area contributed by atoms with E-state index in [1.54, 1.807) is 17.4 Å². The molecule has 0 atom stereocenters. The maximum Gasteiger partial charge on any atom is 0.238 e. The zero-order valence-electron chi connectivity index (χ0n) is 14.9. The number of primary sulfonamides is 1. The highest BCUT2D eigenvalue weighted by atomic mass is 127. The van der Waals surface area contributed by atoms with E-state index in [1.807, 2.05) is 26.8 Å². The van der Waals surface area contributed by atoms with Gasteiger partial charge in [0.2, 0.25) is 10.0 Å². The molecule has 0 amide bonds. The molecule has 0 saturated carbocycles. The van der Waals surface area contributed by atoms with Crippen LogP contribution in [-0.2, 0) is 23.1 Å². The topological polar surface area (TPSA) is 109 Å². The molecule has 0 aliphatic carbocycles. The predicted octanol–water partition coefficient (Wildman–Crippen LogP) is 2.28. The summed E-state index contributed by atoms with van der Waals surface area (Å²) in [5.74, 6) is 0.647. The van der Waals surface area contributed by atoms with Crippen LogP contribution in [0.15, 0.2) is 34.2 Å². The third kappa shape index (κ3) is 6.82. The van der Waals surface area contributed by atoms with E-state index >= 15 is 0 Å². The third-order valence-electron chi connectivity index (χ3n) is 3.47. The minimum atomic E-state index is -3.71. The van der Waals surface area contributed by atoms with Crippen molar-refractivity contribution in [3.05, 3.63) is 45.4 Å². The van der Waals surface area contributed by atoms with Crippen molar-refractivity contribution >= 4 is 51.3 Å². The zero-order chi connectivity index (χ0) is 18.4. The number of rotatable bonds is 6. The number of aromatic nitrogens is 1. The largest absolute Gasteiger partial charge is 0.357 e. The first-order chi connectivity index (χ1) is 11.8. The fourth-order valence-corrected chi connectivity index (χ4v) is 3.56. The van der Waals surface area contributed by atoms with E-state index in [-0.39, 0.29) is 28.9 Å². The lowest BCUT2D eigenvalue weighted by atomic mass is 10.2. The minimum absolute atomic E-state index is 0. The summed E-state index contributed by atoms with van der Waals surface area (Å²) in [5.41, 5.74) is 1.81. The highest BCUT2D eigenvalue weighted by molar-refractivity contribution is 14.0. The van der Waals surface area contributed by atoms with Crippen LogP contribution in [0.2, 0.25) is 0 Å². The zero-order valence-corrected chi connectivity index (χ0v) is 18.9. The van der Waals surface area contributed by atoms with E-state index in [1.165, 1.54) is 17.0 Å². The SMILES string of the molecule is CCNC(=NCc1cccc(S(N)(=O)=O)c1)NCc1nc(C)c(C)s1.I. The molecule has 0 bridgehead atoms. The number of guanidine groups is 1. The quantitative estimate of drug-likeness (QED) is 0.315. The number of aryl methyl sites for hydroxylation is 2. The van der Waals surface area contributed by atoms with Crippen LogP contribution >= 0.6 is 35.3 Å². The number of nitrogens with two attached hydrogens (primary N) is 1. The summed E-state index contributed by atoms with van der Waals surface area (Å²) in [7, 11) is -3.71. The summed E-state index contributed by atoms with van der Waals surface area (Å²) in [4.78, 5) is 10.3. The Morgan fingerprint density at radius 3 is 2.62 bits per heavy atom. The first-order valence-electron chi connectivity index (χ1n) is 7.86. The highest BCUT2D eigenvalue weighted by Crippen LogP contribution is 2.16. The van der Waals surface area contributed by atoms with E-state index in [0.29, 0.717) is 19.0 Å². The lowest BCUT2D eigenvalue weighted by Crippen LogP contribution is -2.36. The average molecular weight is 509 g/mol. The number of sulfonamides is 1.